The number of urea groups is 1. The second-order valence-corrected chi connectivity index (χ2v) is 8.47. The van der Waals surface area contributed by atoms with E-state index in [1.165, 1.54) is 6.26 Å². The second-order valence-electron chi connectivity index (χ2n) is 6.29. The van der Waals surface area contributed by atoms with E-state index in [-0.39, 0.29) is 36.0 Å². The molecule has 0 spiro atoms. The molecule has 2 aromatic heterocycles. The minimum atomic E-state index is -3.06. The molecule has 1 saturated heterocycles. The molecule has 3 rings (SSSR count). The Kier molecular flexibility index (Phi) is 5.45. The number of nitrogens with zero attached hydrogens (tertiary/aromatic N) is 5. The van der Waals surface area contributed by atoms with Crippen LogP contribution in [0.1, 0.15) is 18.7 Å². The summed E-state index contributed by atoms with van der Waals surface area (Å²) in [7, 11) is -3.06. The van der Waals surface area contributed by atoms with E-state index in [0.29, 0.717) is 18.9 Å². The summed E-state index contributed by atoms with van der Waals surface area (Å²) in [6.07, 6.45) is 5.95. The lowest BCUT2D eigenvalue weighted by Gasteiger charge is -2.32. The molecule has 0 saturated carbocycles. The van der Waals surface area contributed by atoms with Crippen LogP contribution in [-0.2, 0) is 16.4 Å². The first-order chi connectivity index (χ1) is 12.4. The molecule has 1 N–H and O–H groups in total. The molecule has 3 heterocycles. The zero-order chi connectivity index (χ0) is 18.6. The predicted octanol–water partition coefficient (Wildman–Crippen LogP) is 0.493. The van der Waals surface area contributed by atoms with Crippen LogP contribution in [0.2, 0.25) is 0 Å². The first-order valence-corrected chi connectivity index (χ1v) is 10.3. The molecule has 0 aliphatic carbocycles. The van der Waals surface area contributed by atoms with Crippen LogP contribution in [0, 0.1) is 5.92 Å². The molecule has 26 heavy (non-hydrogen) atoms. The van der Waals surface area contributed by atoms with E-state index in [0.717, 1.165) is 12.8 Å². The average molecular weight is 380 g/mol. The largest absolute Gasteiger partial charge is 0.337 e. The normalized spacial score (nSPS) is 17.9. The standard InChI is InChI=1S/C15H20N6O4S/c1-26(23,24)10-11-4-2-7-21(9-11)15(22)18-8-12-19-14(20-25-12)13-16-5-3-6-17-13/h3,5-6,11H,2,4,7-10H2,1H3,(H,18,22). The molecule has 10 nitrogen and oxygen atoms in total. The zero-order valence-corrected chi connectivity index (χ0v) is 15.1. The van der Waals surface area contributed by atoms with Crippen molar-refractivity contribution in [2.45, 2.75) is 19.4 Å². The summed E-state index contributed by atoms with van der Waals surface area (Å²) < 4.78 is 28.0. The Hall–Kier alpha value is -2.56. The van der Waals surface area contributed by atoms with E-state index in [9.17, 15) is 13.2 Å². The van der Waals surface area contributed by atoms with Gasteiger partial charge < -0.3 is 14.7 Å². The van der Waals surface area contributed by atoms with E-state index >= 15 is 0 Å². The Balaban J connectivity index is 1.53. The van der Waals surface area contributed by atoms with Gasteiger partial charge >= 0.3 is 6.03 Å². The lowest BCUT2D eigenvalue weighted by atomic mass is 10.0. The highest BCUT2D eigenvalue weighted by Crippen LogP contribution is 2.18. The van der Waals surface area contributed by atoms with E-state index in [4.69, 9.17) is 4.52 Å². The smallest absolute Gasteiger partial charge is 0.317 e. The van der Waals surface area contributed by atoms with Crippen molar-refractivity contribution in [1.29, 1.82) is 0 Å². The first kappa shape index (κ1) is 18.2. The summed E-state index contributed by atoms with van der Waals surface area (Å²) in [4.78, 5) is 26.1. The van der Waals surface area contributed by atoms with Gasteiger partial charge in [-0.2, -0.15) is 4.98 Å². The quantitative estimate of drug-likeness (QED) is 0.793. The lowest BCUT2D eigenvalue weighted by molar-refractivity contribution is 0.168. The molecule has 0 aromatic carbocycles. The molecule has 140 valence electrons. The maximum atomic E-state index is 12.3. The molecule has 1 unspecified atom stereocenters. The second kappa shape index (κ2) is 7.77. The van der Waals surface area contributed by atoms with Crippen LogP contribution in [-0.4, -0.2) is 64.6 Å². The Morgan fingerprint density at radius 3 is 2.85 bits per heavy atom. The van der Waals surface area contributed by atoms with Gasteiger partial charge in [0.1, 0.15) is 9.84 Å². The molecule has 11 heteroatoms. The van der Waals surface area contributed by atoms with Crippen LogP contribution >= 0.6 is 0 Å². The number of sulfone groups is 1. The van der Waals surface area contributed by atoms with E-state index in [1.54, 1.807) is 23.4 Å². The maximum Gasteiger partial charge on any atom is 0.317 e. The van der Waals surface area contributed by atoms with Gasteiger partial charge in [-0.3, -0.25) is 0 Å². The Labute approximate surface area is 150 Å². The number of amides is 2. The van der Waals surface area contributed by atoms with Crippen LogP contribution < -0.4 is 5.32 Å². The molecular formula is C15H20N6O4S. The van der Waals surface area contributed by atoms with Crippen molar-refractivity contribution in [2.75, 3.05) is 25.1 Å². The first-order valence-electron chi connectivity index (χ1n) is 8.21. The highest BCUT2D eigenvalue weighted by atomic mass is 32.2. The van der Waals surface area contributed by atoms with Gasteiger partial charge in [-0.05, 0) is 24.8 Å². The Bertz CT molecular complexity index is 854. The summed E-state index contributed by atoms with van der Waals surface area (Å²) in [6, 6.07) is 1.40. The van der Waals surface area contributed by atoms with Crippen LogP contribution in [0.5, 0.6) is 0 Å². The maximum absolute atomic E-state index is 12.3. The number of rotatable bonds is 5. The van der Waals surface area contributed by atoms with Gasteiger partial charge in [-0.25, -0.2) is 23.2 Å². The van der Waals surface area contributed by atoms with Gasteiger partial charge in [-0.15, -0.1) is 0 Å². The number of hydrogen-bond acceptors (Lipinski definition) is 8. The van der Waals surface area contributed by atoms with Crippen molar-refractivity contribution in [3.8, 4) is 11.6 Å². The molecule has 2 amide bonds. The minimum Gasteiger partial charge on any atom is -0.337 e. The number of carbonyl (C=O) groups excluding carboxylic acids is 1. The van der Waals surface area contributed by atoms with Crippen LogP contribution in [0.3, 0.4) is 0 Å². The van der Waals surface area contributed by atoms with Gasteiger partial charge in [0.25, 0.3) is 0 Å². The molecule has 1 fully saturated rings. The third-order valence-electron chi connectivity index (χ3n) is 3.97. The Morgan fingerprint density at radius 1 is 1.35 bits per heavy atom. The number of aromatic nitrogens is 4. The van der Waals surface area contributed by atoms with Crippen molar-refractivity contribution in [2.24, 2.45) is 5.92 Å². The fraction of sp³-hybridized carbons (Fsp3) is 0.533. The summed E-state index contributed by atoms with van der Waals surface area (Å²) in [5.74, 6) is 0.899. The third-order valence-corrected chi connectivity index (χ3v) is 5.05. The molecule has 1 aliphatic rings. The summed E-state index contributed by atoms with van der Waals surface area (Å²) in [5.41, 5.74) is 0. The summed E-state index contributed by atoms with van der Waals surface area (Å²) in [6.45, 7) is 1.09. The van der Waals surface area contributed by atoms with E-state index in [2.05, 4.69) is 25.4 Å². The minimum absolute atomic E-state index is 0.0327. The molecular weight excluding hydrogens is 360 g/mol. The topological polar surface area (TPSA) is 131 Å². The number of hydrogen-bond donors (Lipinski definition) is 1. The van der Waals surface area contributed by atoms with Crippen molar-refractivity contribution >= 4 is 15.9 Å². The van der Waals surface area contributed by atoms with E-state index in [1.807, 2.05) is 0 Å². The summed E-state index contributed by atoms with van der Waals surface area (Å²) in [5, 5.41) is 6.50. The molecule has 0 radical (unpaired) electrons. The van der Waals surface area contributed by atoms with Crippen molar-refractivity contribution in [3.63, 3.8) is 0 Å². The predicted molar refractivity (Wildman–Crippen MR) is 91.6 cm³/mol. The molecule has 1 atom stereocenters. The third kappa shape index (κ3) is 4.97. The van der Waals surface area contributed by atoms with Gasteiger partial charge in [0.15, 0.2) is 0 Å². The fourth-order valence-electron chi connectivity index (χ4n) is 2.91. The zero-order valence-electron chi connectivity index (χ0n) is 14.3. The van der Waals surface area contributed by atoms with Crippen LogP contribution in [0.4, 0.5) is 4.79 Å². The van der Waals surface area contributed by atoms with Crippen molar-refractivity contribution in [1.82, 2.24) is 30.3 Å². The molecule has 2 aromatic rings. The number of piperidine rings is 1. The number of nitrogens with one attached hydrogen (secondary N) is 1. The van der Waals surface area contributed by atoms with Crippen molar-refractivity contribution < 1.29 is 17.7 Å². The lowest BCUT2D eigenvalue weighted by Crippen LogP contribution is -2.46. The molecule has 1 aliphatic heterocycles. The van der Waals surface area contributed by atoms with Gasteiger partial charge in [0, 0.05) is 31.7 Å². The summed E-state index contributed by atoms with van der Waals surface area (Å²) >= 11 is 0. The SMILES string of the molecule is CS(=O)(=O)CC1CCCN(C(=O)NCc2nc(-c3ncccn3)no2)C1. The van der Waals surface area contributed by atoms with Crippen LogP contribution in [0.25, 0.3) is 11.6 Å². The van der Waals surface area contributed by atoms with Gasteiger partial charge in [0.2, 0.25) is 17.5 Å². The van der Waals surface area contributed by atoms with Gasteiger partial charge in [0.05, 0.1) is 12.3 Å². The highest BCUT2D eigenvalue weighted by molar-refractivity contribution is 7.90. The monoisotopic (exact) mass is 380 g/mol. The van der Waals surface area contributed by atoms with Crippen LogP contribution in [0.15, 0.2) is 23.0 Å². The van der Waals surface area contributed by atoms with E-state index < -0.39 is 9.84 Å². The number of likely N-dealkylation sites (tertiary alicyclic amines) is 1. The fourth-order valence-corrected chi connectivity index (χ4v) is 4.04. The van der Waals surface area contributed by atoms with Gasteiger partial charge in [-0.1, -0.05) is 5.16 Å². The van der Waals surface area contributed by atoms with Crippen molar-refractivity contribution in [3.05, 3.63) is 24.4 Å². The average Bonchev–Trinajstić information content (AvgIpc) is 3.08. The Morgan fingerprint density at radius 2 is 2.12 bits per heavy atom. The highest BCUT2D eigenvalue weighted by Gasteiger charge is 2.26. The molecule has 0 bridgehead atoms. The number of carbonyl (C=O) groups is 1.